The van der Waals surface area contributed by atoms with Crippen LogP contribution in [0.4, 0.5) is 0 Å². The first kappa shape index (κ1) is 15.5. The number of hydrogen-bond acceptors (Lipinski definition) is 6. The number of fused-ring (bicyclic) bond motifs is 1. The van der Waals surface area contributed by atoms with Gasteiger partial charge in [0.1, 0.15) is 18.3 Å². The highest BCUT2D eigenvalue weighted by molar-refractivity contribution is 7.80. The molecule has 5 atom stereocenters. The largest absolute Gasteiger partial charge is 0.387 e. The molecule has 0 aliphatic carbocycles. The van der Waals surface area contributed by atoms with E-state index in [1.54, 1.807) is 0 Å². The van der Waals surface area contributed by atoms with Gasteiger partial charge in [0.05, 0.1) is 6.21 Å². The molecule has 2 aliphatic heterocycles. The van der Waals surface area contributed by atoms with Gasteiger partial charge in [-0.25, -0.2) is 0 Å². The zero-order valence-electron chi connectivity index (χ0n) is 9.20. The minimum atomic E-state index is -1.76. The van der Waals surface area contributed by atoms with E-state index in [0.29, 0.717) is 0 Å². The molecule has 0 bridgehead atoms. The number of aliphatic hydroxyl groups is 1. The van der Waals surface area contributed by atoms with Crippen molar-refractivity contribution < 1.29 is 19.3 Å². The van der Waals surface area contributed by atoms with E-state index >= 15 is 0 Å². The Morgan fingerprint density at radius 3 is 2.58 bits per heavy atom. The van der Waals surface area contributed by atoms with E-state index in [4.69, 9.17) is 54.7 Å². The molecule has 0 spiro atoms. The molecule has 2 rings (SSSR count). The zero-order valence-corrected chi connectivity index (χ0v) is 12.3. The molecule has 2 fully saturated rings. The van der Waals surface area contributed by atoms with Gasteiger partial charge in [0.25, 0.3) is 0 Å². The molecule has 0 saturated carbocycles. The van der Waals surface area contributed by atoms with Gasteiger partial charge < -0.3 is 25.1 Å². The second-order valence-corrected chi connectivity index (χ2v) is 6.63. The van der Waals surface area contributed by atoms with Crippen molar-refractivity contribution in [3.05, 3.63) is 0 Å². The fourth-order valence-electron chi connectivity index (χ4n) is 1.66. The standard InChI is InChI=1S/C8H10Cl3N3O4S/c9-8(10,11)6-17-4-3(15)2(16-5(4)18-6)1-13-14-7(12)19/h1-6,15H,(H3,12,14,19)/b13-1+/t2-,3+,4-,5-,6-/m1/s1. The summed E-state index contributed by atoms with van der Waals surface area (Å²) in [6.45, 7) is 0. The fourth-order valence-corrected chi connectivity index (χ4v) is 2.02. The predicted molar refractivity (Wildman–Crippen MR) is 73.1 cm³/mol. The van der Waals surface area contributed by atoms with Crippen LogP contribution in [0, 0.1) is 0 Å². The number of alkyl halides is 3. The summed E-state index contributed by atoms with van der Waals surface area (Å²) in [7, 11) is 0. The van der Waals surface area contributed by atoms with Gasteiger partial charge in [0.15, 0.2) is 11.4 Å². The van der Waals surface area contributed by atoms with Crippen LogP contribution in [0.2, 0.25) is 0 Å². The first-order chi connectivity index (χ1) is 8.79. The van der Waals surface area contributed by atoms with Crippen molar-refractivity contribution >= 4 is 58.3 Å². The van der Waals surface area contributed by atoms with Gasteiger partial charge in [-0.2, -0.15) is 5.10 Å². The Labute approximate surface area is 128 Å². The van der Waals surface area contributed by atoms with Crippen molar-refractivity contribution in [1.29, 1.82) is 0 Å². The maximum atomic E-state index is 9.97. The topological polar surface area (TPSA) is 98.3 Å². The first-order valence-electron chi connectivity index (χ1n) is 5.09. The van der Waals surface area contributed by atoms with Crippen molar-refractivity contribution in [2.24, 2.45) is 10.8 Å². The molecule has 0 radical (unpaired) electrons. The summed E-state index contributed by atoms with van der Waals surface area (Å²) in [5.74, 6) is 0. The Hall–Kier alpha value is 0.0700. The Balaban J connectivity index is 1.93. The molecule has 0 aromatic carbocycles. The maximum Gasteiger partial charge on any atom is 0.241 e. The molecular weight excluding hydrogens is 341 g/mol. The number of nitrogens with two attached hydrogens (primary N) is 1. The summed E-state index contributed by atoms with van der Waals surface area (Å²) in [5, 5.41) is 13.6. The summed E-state index contributed by atoms with van der Waals surface area (Å²) in [5.41, 5.74) is 7.51. The molecule has 4 N–H and O–H groups in total. The first-order valence-corrected chi connectivity index (χ1v) is 6.63. The van der Waals surface area contributed by atoms with Crippen molar-refractivity contribution in [3.8, 4) is 0 Å². The lowest BCUT2D eigenvalue weighted by atomic mass is 10.1. The maximum absolute atomic E-state index is 9.97. The number of thiocarbonyl (C=S) groups is 1. The van der Waals surface area contributed by atoms with Crippen molar-refractivity contribution in [3.63, 3.8) is 0 Å². The van der Waals surface area contributed by atoms with Crippen molar-refractivity contribution in [2.45, 2.75) is 34.7 Å². The zero-order chi connectivity index (χ0) is 14.2. The van der Waals surface area contributed by atoms with Crippen molar-refractivity contribution in [2.75, 3.05) is 0 Å². The molecule has 108 valence electrons. The average Bonchev–Trinajstić information content (AvgIpc) is 2.79. The van der Waals surface area contributed by atoms with Crippen LogP contribution in [0.25, 0.3) is 0 Å². The number of nitrogens with zero attached hydrogens (tertiary/aromatic N) is 1. The van der Waals surface area contributed by atoms with Crippen molar-refractivity contribution in [1.82, 2.24) is 5.43 Å². The van der Waals surface area contributed by atoms with Crippen LogP contribution in [0.15, 0.2) is 5.10 Å². The molecular formula is C8H10Cl3N3O4S. The second kappa shape index (κ2) is 5.82. The third kappa shape index (κ3) is 3.59. The number of nitrogens with one attached hydrogen (secondary N) is 1. The van der Waals surface area contributed by atoms with Gasteiger partial charge in [-0.05, 0) is 12.2 Å². The molecule has 0 unspecified atom stereocenters. The highest BCUT2D eigenvalue weighted by Gasteiger charge is 2.55. The van der Waals surface area contributed by atoms with Gasteiger partial charge in [-0.15, -0.1) is 0 Å². The predicted octanol–water partition coefficient (Wildman–Crippen LogP) is 0.00290. The lowest BCUT2D eigenvalue weighted by Gasteiger charge is -2.21. The van der Waals surface area contributed by atoms with Crippen LogP contribution in [-0.4, -0.2) is 51.1 Å². The summed E-state index contributed by atoms with van der Waals surface area (Å²) < 4.78 is 14.1. The lowest BCUT2D eigenvalue weighted by Crippen LogP contribution is -2.36. The summed E-state index contributed by atoms with van der Waals surface area (Å²) in [6.07, 6.45) is -3.17. The van der Waals surface area contributed by atoms with Gasteiger partial charge in [-0.3, -0.25) is 5.43 Å². The number of ether oxygens (including phenoxy) is 3. The molecule has 19 heavy (non-hydrogen) atoms. The van der Waals surface area contributed by atoms with Gasteiger partial charge >= 0.3 is 0 Å². The number of halogens is 3. The monoisotopic (exact) mass is 349 g/mol. The number of hydrazone groups is 1. The quantitative estimate of drug-likeness (QED) is 0.279. The molecule has 2 saturated heterocycles. The molecule has 0 amide bonds. The Bertz CT molecular complexity index is 394. The normalized spacial score (nSPS) is 38.6. The summed E-state index contributed by atoms with van der Waals surface area (Å²) >= 11 is 21.5. The van der Waals surface area contributed by atoms with Crippen LogP contribution in [-0.2, 0) is 14.2 Å². The van der Waals surface area contributed by atoms with Crippen LogP contribution in [0.5, 0.6) is 0 Å². The van der Waals surface area contributed by atoms with Gasteiger partial charge in [0.2, 0.25) is 10.1 Å². The van der Waals surface area contributed by atoms with E-state index in [1.807, 2.05) is 0 Å². The molecule has 2 heterocycles. The van der Waals surface area contributed by atoms with E-state index in [2.05, 4.69) is 22.7 Å². The van der Waals surface area contributed by atoms with Gasteiger partial charge in [-0.1, -0.05) is 34.8 Å². The van der Waals surface area contributed by atoms with E-state index in [0.717, 1.165) is 0 Å². The molecule has 2 aliphatic rings. The number of aliphatic hydroxyl groups excluding tert-OH is 1. The third-order valence-electron chi connectivity index (χ3n) is 2.43. The average molecular weight is 351 g/mol. The Morgan fingerprint density at radius 1 is 1.37 bits per heavy atom. The highest BCUT2D eigenvalue weighted by atomic mass is 35.6. The summed E-state index contributed by atoms with van der Waals surface area (Å²) in [4.78, 5) is 0. The van der Waals surface area contributed by atoms with Crippen LogP contribution in [0.1, 0.15) is 0 Å². The van der Waals surface area contributed by atoms with E-state index in [1.165, 1.54) is 6.21 Å². The lowest BCUT2D eigenvalue weighted by molar-refractivity contribution is -0.152. The van der Waals surface area contributed by atoms with E-state index < -0.39 is 34.7 Å². The minimum absolute atomic E-state index is 0.00676. The van der Waals surface area contributed by atoms with E-state index in [-0.39, 0.29) is 5.11 Å². The van der Waals surface area contributed by atoms with Crippen LogP contribution >= 0.6 is 47.0 Å². The molecule has 0 aromatic rings. The van der Waals surface area contributed by atoms with Crippen LogP contribution in [0.3, 0.4) is 0 Å². The SMILES string of the molecule is NC(=S)N/N=C/[C@H]1O[C@@H]2O[C@H](C(Cl)(Cl)Cl)O[C@@H]2[C@H]1O. The molecule has 0 aromatic heterocycles. The second-order valence-electron chi connectivity index (χ2n) is 3.82. The fraction of sp³-hybridized carbons (Fsp3) is 0.750. The smallest absolute Gasteiger partial charge is 0.241 e. The number of rotatable bonds is 2. The molecule has 11 heteroatoms. The third-order valence-corrected chi connectivity index (χ3v) is 3.06. The van der Waals surface area contributed by atoms with Crippen LogP contribution < -0.4 is 11.2 Å². The van der Waals surface area contributed by atoms with E-state index in [9.17, 15) is 5.11 Å². The molecule has 7 nitrogen and oxygen atoms in total. The van der Waals surface area contributed by atoms with Gasteiger partial charge in [0, 0.05) is 0 Å². The highest BCUT2D eigenvalue weighted by Crippen LogP contribution is 2.41. The Morgan fingerprint density at radius 2 is 2.05 bits per heavy atom. The minimum Gasteiger partial charge on any atom is -0.387 e. The number of hydrogen-bond donors (Lipinski definition) is 3. The summed E-state index contributed by atoms with van der Waals surface area (Å²) in [6, 6.07) is 0. The Kier molecular flexibility index (Phi) is 4.74.